The second kappa shape index (κ2) is 8.00. The van der Waals surface area contributed by atoms with Crippen molar-refractivity contribution >= 4 is 46.1 Å². The quantitative estimate of drug-likeness (QED) is 0.686. The molecule has 0 atom stereocenters. The van der Waals surface area contributed by atoms with Crippen LogP contribution in [0.3, 0.4) is 0 Å². The monoisotopic (exact) mass is 412 g/mol. The van der Waals surface area contributed by atoms with Crippen molar-refractivity contribution in [2.24, 2.45) is 0 Å². The van der Waals surface area contributed by atoms with Crippen LogP contribution in [0.1, 0.15) is 9.67 Å². The molecule has 0 saturated carbocycles. The summed E-state index contributed by atoms with van der Waals surface area (Å²) in [5.41, 5.74) is 2.35. The lowest BCUT2D eigenvalue weighted by Gasteiger charge is -2.29. The molecule has 0 radical (unpaired) electrons. The van der Waals surface area contributed by atoms with Gasteiger partial charge in [-0.3, -0.25) is 9.59 Å². The minimum absolute atomic E-state index is 0.0286. The zero-order valence-electron chi connectivity index (χ0n) is 14.8. The van der Waals surface area contributed by atoms with Crippen molar-refractivity contribution in [2.75, 3.05) is 29.9 Å². The molecule has 2 amide bonds. The Kier molecular flexibility index (Phi) is 5.27. The number of carbonyl (C=O) groups is 2. The zero-order valence-corrected chi connectivity index (χ0v) is 16.4. The van der Waals surface area contributed by atoms with Crippen LogP contribution in [0.15, 0.2) is 54.7 Å². The number of anilines is 2. The minimum Gasteiger partial charge on any atom is -0.359 e. The summed E-state index contributed by atoms with van der Waals surface area (Å²) in [6.45, 7) is 1.55. The molecule has 4 rings (SSSR count). The molecule has 2 N–H and O–H groups in total. The molecule has 6 nitrogen and oxygen atoms in total. The molecule has 1 saturated heterocycles. The van der Waals surface area contributed by atoms with E-state index in [2.05, 4.69) is 15.6 Å². The van der Waals surface area contributed by atoms with Crippen LogP contribution in [-0.4, -0.2) is 36.4 Å². The van der Waals surface area contributed by atoms with E-state index >= 15 is 0 Å². The first-order valence-corrected chi connectivity index (χ1v) is 9.93. The van der Waals surface area contributed by atoms with E-state index in [0.29, 0.717) is 28.7 Å². The molecule has 0 unspecified atom stereocenters. The third-order valence-corrected chi connectivity index (χ3v) is 5.68. The van der Waals surface area contributed by atoms with Gasteiger partial charge >= 0.3 is 0 Å². The number of thiazole rings is 1. The number of nitrogens with one attached hydrogen (secondary N) is 2. The van der Waals surface area contributed by atoms with Crippen LogP contribution in [0.4, 0.5) is 11.4 Å². The highest BCUT2D eigenvalue weighted by Gasteiger charge is 2.19. The van der Waals surface area contributed by atoms with E-state index in [1.165, 1.54) is 11.3 Å². The van der Waals surface area contributed by atoms with Crippen molar-refractivity contribution in [3.63, 3.8) is 0 Å². The first kappa shape index (κ1) is 18.5. The van der Waals surface area contributed by atoms with Gasteiger partial charge < -0.3 is 15.5 Å². The summed E-state index contributed by atoms with van der Waals surface area (Å²) in [6.07, 6.45) is 1.57. The Morgan fingerprint density at radius 2 is 2.04 bits per heavy atom. The standard InChI is InChI=1S/C20H17ClN4O2S/c21-15-10-14(6-7-16(15)25-9-8-22-18(26)12-25)24-19(27)17-11-23-20(28-17)13-4-2-1-3-5-13/h1-7,10-11H,8-9,12H2,(H,22,26)(H,24,27). The molecule has 1 aliphatic rings. The Bertz CT molecular complexity index is 1020. The van der Waals surface area contributed by atoms with E-state index < -0.39 is 0 Å². The number of carbonyl (C=O) groups excluding carboxylic acids is 2. The molecule has 0 bridgehead atoms. The summed E-state index contributed by atoms with van der Waals surface area (Å²) < 4.78 is 0. The maximum atomic E-state index is 12.6. The molecule has 2 aromatic carbocycles. The van der Waals surface area contributed by atoms with E-state index in [1.807, 2.05) is 41.3 Å². The number of piperazine rings is 1. The van der Waals surface area contributed by atoms with Gasteiger partial charge in [0.2, 0.25) is 5.91 Å². The Morgan fingerprint density at radius 3 is 2.79 bits per heavy atom. The van der Waals surface area contributed by atoms with Crippen LogP contribution >= 0.6 is 22.9 Å². The Morgan fingerprint density at radius 1 is 1.21 bits per heavy atom. The van der Waals surface area contributed by atoms with Gasteiger partial charge in [-0.2, -0.15) is 0 Å². The summed E-state index contributed by atoms with van der Waals surface area (Å²) in [7, 11) is 0. The number of amides is 2. The average Bonchev–Trinajstić information content (AvgIpc) is 3.19. The number of hydrogen-bond donors (Lipinski definition) is 2. The van der Waals surface area contributed by atoms with Gasteiger partial charge in [-0.1, -0.05) is 41.9 Å². The number of benzene rings is 2. The maximum Gasteiger partial charge on any atom is 0.267 e. The Hall–Kier alpha value is -2.90. The molecule has 0 spiro atoms. The normalized spacial score (nSPS) is 13.9. The molecule has 1 aromatic heterocycles. The predicted molar refractivity (Wildman–Crippen MR) is 112 cm³/mol. The third kappa shape index (κ3) is 4.00. The van der Waals surface area contributed by atoms with Crippen LogP contribution in [-0.2, 0) is 4.79 Å². The van der Waals surface area contributed by atoms with Gasteiger partial charge in [0.25, 0.3) is 5.91 Å². The first-order valence-electron chi connectivity index (χ1n) is 8.74. The van der Waals surface area contributed by atoms with Crippen molar-refractivity contribution in [1.29, 1.82) is 0 Å². The highest BCUT2D eigenvalue weighted by atomic mass is 35.5. The number of nitrogens with zero attached hydrogens (tertiary/aromatic N) is 2. The summed E-state index contributed by atoms with van der Waals surface area (Å²) in [6, 6.07) is 15.0. The Labute approximate surface area is 171 Å². The van der Waals surface area contributed by atoms with E-state index in [4.69, 9.17) is 11.6 Å². The van der Waals surface area contributed by atoms with Gasteiger partial charge in [-0.15, -0.1) is 11.3 Å². The number of hydrogen-bond acceptors (Lipinski definition) is 5. The molecule has 8 heteroatoms. The van der Waals surface area contributed by atoms with E-state index in [-0.39, 0.29) is 18.4 Å². The van der Waals surface area contributed by atoms with Crippen LogP contribution in [0.5, 0.6) is 0 Å². The predicted octanol–water partition coefficient (Wildman–Crippen LogP) is 3.65. The fourth-order valence-corrected chi connectivity index (χ4v) is 4.09. The molecule has 2 heterocycles. The lowest BCUT2D eigenvalue weighted by molar-refractivity contribution is -0.120. The summed E-state index contributed by atoms with van der Waals surface area (Å²) in [5, 5.41) is 6.92. The molecule has 142 valence electrons. The highest BCUT2D eigenvalue weighted by Crippen LogP contribution is 2.30. The Balaban J connectivity index is 1.47. The number of aromatic nitrogens is 1. The highest BCUT2D eigenvalue weighted by molar-refractivity contribution is 7.17. The molecular weight excluding hydrogens is 396 g/mol. The average molecular weight is 413 g/mol. The minimum atomic E-state index is -0.235. The summed E-state index contributed by atoms with van der Waals surface area (Å²) in [4.78, 5) is 30.9. The molecular formula is C20H17ClN4O2S. The molecule has 1 aliphatic heterocycles. The van der Waals surface area contributed by atoms with Gasteiger partial charge in [0.15, 0.2) is 0 Å². The number of rotatable bonds is 4. The number of halogens is 1. The topological polar surface area (TPSA) is 74.3 Å². The first-order chi connectivity index (χ1) is 13.6. The lowest BCUT2D eigenvalue weighted by Crippen LogP contribution is -2.47. The van der Waals surface area contributed by atoms with Crippen molar-refractivity contribution in [2.45, 2.75) is 0 Å². The van der Waals surface area contributed by atoms with Crippen molar-refractivity contribution < 1.29 is 9.59 Å². The van der Waals surface area contributed by atoms with Gasteiger partial charge in [0.1, 0.15) is 9.88 Å². The van der Waals surface area contributed by atoms with Gasteiger partial charge in [-0.25, -0.2) is 4.98 Å². The fraction of sp³-hybridized carbons (Fsp3) is 0.150. The van der Waals surface area contributed by atoms with Gasteiger partial charge in [-0.05, 0) is 18.2 Å². The van der Waals surface area contributed by atoms with E-state index in [0.717, 1.165) is 16.3 Å². The van der Waals surface area contributed by atoms with Gasteiger partial charge in [0.05, 0.1) is 23.5 Å². The smallest absolute Gasteiger partial charge is 0.267 e. The second-order valence-electron chi connectivity index (χ2n) is 6.29. The SMILES string of the molecule is O=C1CN(c2ccc(NC(=O)c3cnc(-c4ccccc4)s3)cc2Cl)CCN1. The van der Waals surface area contributed by atoms with Crippen LogP contribution in [0.2, 0.25) is 5.02 Å². The third-order valence-electron chi connectivity index (χ3n) is 4.33. The molecule has 3 aromatic rings. The largest absolute Gasteiger partial charge is 0.359 e. The van der Waals surface area contributed by atoms with Crippen LogP contribution in [0.25, 0.3) is 10.6 Å². The fourth-order valence-electron chi connectivity index (χ4n) is 2.97. The lowest BCUT2D eigenvalue weighted by atomic mass is 10.2. The maximum absolute atomic E-state index is 12.6. The van der Waals surface area contributed by atoms with Gasteiger partial charge in [0, 0.05) is 24.3 Å². The van der Waals surface area contributed by atoms with Crippen molar-refractivity contribution in [3.05, 3.63) is 64.6 Å². The molecule has 0 aliphatic carbocycles. The summed E-state index contributed by atoms with van der Waals surface area (Å²) in [5.74, 6) is -0.264. The molecule has 1 fully saturated rings. The van der Waals surface area contributed by atoms with Crippen LogP contribution in [0, 0.1) is 0 Å². The second-order valence-corrected chi connectivity index (χ2v) is 7.73. The van der Waals surface area contributed by atoms with Crippen LogP contribution < -0.4 is 15.5 Å². The summed E-state index contributed by atoms with van der Waals surface area (Å²) >= 11 is 7.72. The zero-order chi connectivity index (χ0) is 19.5. The van der Waals surface area contributed by atoms with E-state index in [1.54, 1.807) is 18.3 Å². The van der Waals surface area contributed by atoms with Crippen molar-refractivity contribution in [1.82, 2.24) is 10.3 Å². The van der Waals surface area contributed by atoms with Crippen molar-refractivity contribution in [3.8, 4) is 10.6 Å². The molecule has 28 heavy (non-hydrogen) atoms. The van der Waals surface area contributed by atoms with E-state index in [9.17, 15) is 9.59 Å².